The Labute approximate surface area is 138 Å². The number of carboxylic acid groups (broad SMARTS) is 2. The minimum absolute atomic E-state index is 0.0508. The summed E-state index contributed by atoms with van der Waals surface area (Å²) in [6.07, 6.45) is 0. The molecule has 1 atom stereocenters. The first-order chi connectivity index (χ1) is 11.3. The molecule has 2 rings (SSSR count). The van der Waals surface area contributed by atoms with E-state index in [0.717, 1.165) is 0 Å². The predicted molar refractivity (Wildman–Crippen MR) is 83.9 cm³/mol. The Balaban J connectivity index is 2.62. The van der Waals surface area contributed by atoms with Gasteiger partial charge in [-0.2, -0.15) is 0 Å². The van der Waals surface area contributed by atoms with E-state index >= 15 is 0 Å². The van der Waals surface area contributed by atoms with Gasteiger partial charge in [0.05, 0.1) is 22.8 Å². The molecule has 7 nitrogen and oxygen atoms in total. The summed E-state index contributed by atoms with van der Waals surface area (Å²) >= 11 is 0. The summed E-state index contributed by atoms with van der Waals surface area (Å²) in [6.45, 7) is 2.49. The Morgan fingerprint density at radius 3 is 2.17 bits per heavy atom. The molecule has 0 spiro atoms. The third-order valence-corrected chi connectivity index (χ3v) is 3.66. The van der Waals surface area contributed by atoms with Gasteiger partial charge in [-0.3, -0.25) is 4.79 Å². The number of nitrogens with one attached hydrogen (secondary N) is 1. The van der Waals surface area contributed by atoms with E-state index in [0.29, 0.717) is 11.3 Å². The number of hydrogen-bond acceptors (Lipinski definition) is 5. The van der Waals surface area contributed by atoms with E-state index in [1.54, 1.807) is 37.3 Å². The van der Waals surface area contributed by atoms with E-state index in [2.05, 4.69) is 5.32 Å². The molecule has 0 saturated carbocycles. The van der Waals surface area contributed by atoms with Crippen LogP contribution in [0.4, 0.5) is 0 Å². The lowest BCUT2D eigenvalue weighted by molar-refractivity contribution is -0.140. The fourth-order valence-electron chi connectivity index (χ4n) is 2.70. The average Bonchev–Trinajstić information content (AvgIpc) is 2.52. The topological polar surface area (TPSA) is 113 Å². The van der Waals surface area contributed by atoms with Crippen LogP contribution in [0.25, 0.3) is 0 Å². The lowest BCUT2D eigenvalue weighted by atomic mass is 9.80. The molecule has 0 bridgehead atoms. The van der Waals surface area contributed by atoms with Crippen LogP contribution in [-0.2, 0) is 19.1 Å². The van der Waals surface area contributed by atoms with E-state index in [9.17, 15) is 24.6 Å². The van der Waals surface area contributed by atoms with Crippen LogP contribution in [0.5, 0.6) is 0 Å². The second-order valence-corrected chi connectivity index (χ2v) is 5.29. The van der Waals surface area contributed by atoms with Gasteiger partial charge in [-0.1, -0.05) is 30.3 Å². The van der Waals surface area contributed by atoms with E-state index < -0.39 is 23.8 Å². The standard InChI is InChI=1S/C17H17NO6/c1-9-13(16(20)21)14(11-6-4-3-5-7-11)15(17(22)23)12(18-9)8-24-10(2)19/h3-7,14,18H,8H2,1-2H3,(H,20,21)(H,22,23). The third-order valence-electron chi connectivity index (χ3n) is 3.66. The number of allylic oxidation sites excluding steroid dienone is 1. The molecule has 126 valence electrons. The number of ether oxygens (including phenoxy) is 1. The molecule has 1 aliphatic heterocycles. The van der Waals surface area contributed by atoms with Gasteiger partial charge in [0.15, 0.2) is 0 Å². The molecule has 1 unspecified atom stereocenters. The van der Waals surface area contributed by atoms with E-state index in [-0.39, 0.29) is 23.5 Å². The number of carbonyl (C=O) groups is 3. The van der Waals surface area contributed by atoms with Crippen molar-refractivity contribution in [3.05, 3.63) is 58.4 Å². The van der Waals surface area contributed by atoms with Crippen LogP contribution < -0.4 is 5.32 Å². The van der Waals surface area contributed by atoms with Crippen molar-refractivity contribution in [2.24, 2.45) is 0 Å². The van der Waals surface area contributed by atoms with Crippen LogP contribution in [0.1, 0.15) is 25.3 Å². The van der Waals surface area contributed by atoms with Gasteiger partial charge >= 0.3 is 17.9 Å². The van der Waals surface area contributed by atoms with Crippen molar-refractivity contribution in [1.29, 1.82) is 0 Å². The quantitative estimate of drug-likeness (QED) is 0.703. The molecule has 7 heteroatoms. The maximum atomic E-state index is 11.8. The van der Waals surface area contributed by atoms with Gasteiger partial charge in [-0.25, -0.2) is 9.59 Å². The summed E-state index contributed by atoms with van der Waals surface area (Å²) in [7, 11) is 0. The average molecular weight is 331 g/mol. The maximum Gasteiger partial charge on any atom is 0.334 e. The SMILES string of the molecule is CC(=O)OCC1=C(C(=O)O)C(c2ccccc2)C(C(=O)O)=C(C)N1. The highest BCUT2D eigenvalue weighted by molar-refractivity contribution is 5.98. The van der Waals surface area contributed by atoms with Gasteiger partial charge in [0.1, 0.15) is 6.61 Å². The number of esters is 1. The lowest BCUT2D eigenvalue weighted by Crippen LogP contribution is -2.33. The zero-order valence-corrected chi connectivity index (χ0v) is 13.2. The molecule has 24 heavy (non-hydrogen) atoms. The highest BCUT2D eigenvalue weighted by Crippen LogP contribution is 2.38. The molecule has 1 heterocycles. The van der Waals surface area contributed by atoms with Crippen molar-refractivity contribution in [2.45, 2.75) is 19.8 Å². The molecule has 0 radical (unpaired) electrons. The summed E-state index contributed by atoms with van der Waals surface area (Å²) in [5, 5.41) is 21.9. The normalized spacial score (nSPS) is 17.3. The fraction of sp³-hybridized carbons (Fsp3) is 0.235. The summed E-state index contributed by atoms with van der Waals surface area (Å²) < 4.78 is 4.90. The zero-order valence-electron chi connectivity index (χ0n) is 13.2. The largest absolute Gasteiger partial charge is 0.478 e. The number of rotatable bonds is 5. The van der Waals surface area contributed by atoms with Crippen LogP contribution in [0, 0.1) is 0 Å². The predicted octanol–water partition coefficient (Wildman–Crippen LogP) is 1.63. The Kier molecular flexibility index (Phi) is 5.03. The summed E-state index contributed by atoms with van der Waals surface area (Å²) in [4.78, 5) is 34.5. The van der Waals surface area contributed by atoms with E-state index in [1.807, 2.05) is 0 Å². The van der Waals surface area contributed by atoms with Gasteiger partial charge in [0, 0.05) is 12.6 Å². The Morgan fingerprint density at radius 2 is 1.67 bits per heavy atom. The molecule has 0 saturated heterocycles. The van der Waals surface area contributed by atoms with Crippen LogP contribution in [0.3, 0.4) is 0 Å². The maximum absolute atomic E-state index is 11.8. The van der Waals surface area contributed by atoms with Crippen molar-refractivity contribution in [3.63, 3.8) is 0 Å². The Hall–Kier alpha value is -3.09. The molecule has 1 aliphatic rings. The van der Waals surface area contributed by atoms with Gasteiger partial charge in [0.25, 0.3) is 0 Å². The highest BCUT2D eigenvalue weighted by Gasteiger charge is 2.37. The number of carbonyl (C=O) groups excluding carboxylic acids is 1. The monoisotopic (exact) mass is 331 g/mol. The number of carboxylic acids is 2. The van der Waals surface area contributed by atoms with E-state index in [1.165, 1.54) is 6.92 Å². The van der Waals surface area contributed by atoms with Crippen molar-refractivity contribution in [1.82, 2.24) is 5.32 Å². The van der Waals surface area contributed by atoms with E-state index in [4.69, 9.17) is 4.74 Å². The molecular weight excluding hydrogens is 314 g/mol. The van der Waals surface area contributed by atoms with Crippen molar-refractivity contribution >= 4 is 17.9 Å². The minimum Gasteiger partial charge on any atom is -0.478 e. The molecule has 0 fully saturated rings. The fourth-order valence-corrected chi connectivity index (χ4v) is 2.70. The smallest absolute Gasteiger partial charge is 0.334 e. The second-order valence-electron chi connectivity index (χ2n) is 5.29. The Morgan fingerprint density at radius 1 is 1.08 bits per heavy atom. The van der Waals surface area contributed by atoms with Crippen LogP contribution >= 0.6 is 0 Å². The molecule has 0 aromatic heterocycles. The van der Waals surface area contributed by atoms with Gasteiger partial charge in [-0.05, 0) is 12.5 Å². The summed E-state index contributed by atoms with van der Waals surface area (Å²) in [5.74, 6) is -4.01. The van der Waals surface area contributed by atoms with Crippen molar-refractivity contribution in [2.75, 3.05) is 6.61 Å². The molecular formula is C17H17NO6. The highest BCUT2D eigenvalue weighted by atomic mass is 16.5. The molecule has 0 aliphatic carbocycles. The number of aliphatic carboxylic acids is 2. The van der Waals surface area contributed by atoms with Crippen LogP contribution in [0.2, 0.25) is 0 Å². The number of dihydropyridines is 1. The van der Waals surface area contributed by atoms with Gasteiger partial charge < -0.3 is 20.3 Å². The lowest BCUT2D eigenvalue weighted by Gasteiger charge is -2.29. The van der Waals surface area contributed by atoms with Crippen LogP contribution in [-0.4, -0.2) is 34.7 Å². The summed E-state index contributed by atoms with van der Waals surface area (Å²) in [6, 6.07) is 8.50. The Bertz CT molecular complexity index is 748. The third kappa shape index (κ3) is 3.45. The first-order valence-electron chi connectivity index (χ1n) is 7.18. The first kappa shape index (κ1) is 17.3. The van der Waals surface area contributed by atoms with Gasteiger partial charge in [0.2, 0.25) is 0 Å². The zero-order chi connectivity index (χ0) is 17.9. The molecule has 1 aromatic rings. The van der Waals surface area contributed by atoms with Crippen molar-refractivity contribution < 1.29 is 29.3 Å². The molecule has 0 amide bonds. The number of benzene rings is 1. The molecule has 3 N–H and O–H groups in total. The summed E-state index contributed by atoms with van der Waals surface area (Å²) in [5.41, 5.74) is 0.807. The first-order valence-corrected chi connectivity index (χ1v) is 7.18. The number of hydrogen-bond donors (Lipinski definition) is 3. The van der Waals surface area contributed by atoms with Crippen LogP contribution in [0.15, 0.2) is 52.9 Å². The molecule has 1 aromatic carbocycles. The second kappa shape index (κ2) is 6.99. The van der Waals surface area contributed by atoms with Gasteiger partial charge in [-0.15, -0.1) is 0 Å². The minimum atomic E-state index is -1.27. The van der Waals surface area contributed by atoms with Crippen molar-refractivity contribution in [3.8, 4) is 0 Å².